The fraction of sp³-hybridized carbons (Fsp3) is 0.978. The largest absolute Gasteiger partial charge is 0.378 e. The van der Waals surface area contributed by atoms with Crippen LogP contribution in [0.25, 0.3) is 0 Å². The van der Waals surface area contributed by atoms with Crippen molar-refractivity contribution in [3.63, 3.8) is 0 Å². The molecule has 1 fully saturated rings. The first-order chi connectivity index (χ1) is 25.9. The summed E-state index contributed by atoms with van der Waals surface area (Å²) in [7, 11) is 0. The highest BCUT2D eigenvalue weighted by Crippen LogP contribution is 2.56. The lowest BCUT2D eigenvalue weighted by atomic mass is 9.61. The molecule has 6 N–H and O–H groups in total. The summed E-state index contributed by atoms with van der Waals surface area (Å²) in [6.07, 6.45) is 20.7. The summed E-state index contributed by atoms with van der Waals surface area (Å²) < 4.78 is 19.5. The maximum absolute atomic E-state index is 13.7. The Morgan fingerprint density at radius 1 is 0.778 bits per heavy atom. The molecule has 8 heteroatoms. The fourth-order valence-electron chi connectivity index (χ4n) is 9.30. The lowest BCUT2D eigenvalue weighted by Gasteiger charge is -2.48. The van der Waals surface area contributed by atoms with Crippen molar-refractivity contribution in [2.75, 3.05) is 52.5 Å². The highest BCUT2D eigenvalue weighted by molar-refractivity contribution is 5.76. The topological polar surface area (TPSA) is 126 Å². The number of rotatable bonds is 35. The van der Waals surface area contributed by atoms with Crippen molar-refractivity contribution in [2.45, 2.75) is 203 Å². The van der Waals surface area contributed by atoms with Gasteiger partial charge >= 0.3 is 0 Å². The minimum absolute atomic E-state index is 0.0318. The SMILES string of the molecule is CCCCCN(CCCCC)C(=O)CC[C@@H](C)[C@H]1CC[C@@H](C)[C@]1(C)[C@H](C[C@@H](C)[C@@](C)(CC[C@H](CC)OCCCN)CC[C@H](C)OCCCN)OCCCN. The van der Waals surface area contributed by atoms with E-state index < -0.39 is 0 Å². The van der Waals surface area contributed by atoms with Gasteiger partial charge in [-0.3, -0.25) is 4.79 Å². The van der Waals surface area contributed by atoms with Gasteiger partial charge in [0.1, 0.15) is 0 Å². The molecule has 54 heavy (non-hydrogen) atoms. The van der Waals surface area contributed by atoms with Crippen molar-refractivity contribution < 1.29 is 19.0 Å². The summed E-state index contributed by atoms with van der Waals surface area (Å²) >= 11 is 0. The molecule has 0 aromatic heterocycles. The predicted molar refractivity (Wildman–Crippen MR) is 231 cm³/mol. The zero-order valence-electron chi connectivity index (χ0n) is 37.4. The number of hydrogen-bond acceptors (Lipinski definition) is 7. The zero-order chi connectivity index (χ0) is 40.4. The molecular weight excluding hydrogens is 673 g/mol. The Morgan fingerprint density at radius 3 is 1.89 bits per heavy atom. The van der Waals surface area contributed by atoms with Gasteiger partial charge in [-0.15, -0.1) is 0 Å². The Hall–Kier alpha value is -0.770. The van der Waals surface area contributed by atoms with Crippen LogP contribution in [0.1, 0.15) is 184 Å². The van der Waals surface area contributed by atoms with Crippen molar-refractivity contribution in [3.05, 3.63) is 0 Å². The Kier molecular flexibility index (Phi) is 27.9. The molecule has 0 spiro atoms. The molecule has 8 nitrogen and oxygen atoms in total. The van der Waals surface area contributed by atoms with Crippen LogP contribution < -0.4 is 17.2 Å². The van der Waals surface area contributed by atoms with E-state index in [1.165, 1.54) is 38.5 Å². The van der Waals surface area contributed by atoms with Crippen molar-refractivity contribution in [1.29, 1.82) is 0 Å². The van der Waals surface area contributed by atoms with Gasteiger partial charge in [-0.1, -0.05) is 81.1 Å². The number of nitrogens with zero attached hydrogens (tertiary/aromatic N) is 1. The molecule has 0 bridgehead atoms. The first-order valence-corrected chi connectivity index (χ1v) is 23.1. The van der Waals surface area contributed by atoms with Crippen LogP contribution >= 0.6 is 0 Å². The van der Waals surface area contributed by atoms with E-state index in [1.54, 1.807) is 0 Å². The molecule has 0 saturated heterocycles. The second-order valence-corrected chi connectivity index (χ2v) is 18.0. The number of amides is 1. The van der Waals surface area contributed by atoms with Crippen LogP contribution in [0.5, 0.6) is 0 Å². The highest BCUT2D eigenvalue weighted by atomic mass is 16.5. The molecule has 0 radical (unpaired) electrons. The van der Waals surface area contributed by atoms with Crippen LogP contribution in [0, 0.1) is 34.5 Å². The van der Waals surface area contributed by atoms with E-state index in [9.17, 15) is 4.79 Å². The van der Waals surface area contributed by atoms with Crippen LogP contribution in [-0.4, -0.2) is 81.7 Å². The number of ether oxygens (including phenoxy) is 3. The Balaban J connectivity index is 3.28. The van der Waals surface area contributed by atoms with Crippen LogP contribution in [0.4, 0.5) is 0 Å². The van der Waals surface area contributed by atoms with Crippen LogP contribution in [-0.2, 0) is 19.0 Å². The Labute approximate surface area is 335 Å². The normalized spacial score (nSPS) is 22.8. The molecule has 0 aromatic rings. The Morgan fingerprint density at radius 2 is 1.33 bits per heavy atom. The second kappa shape index (κ2) is 29.4. The predicted octanol–water partition coefficient (Wildman–Crippen LogP) is 9.89. The molecule has 1 aliphatic rings. The van der Waals surface area contributed by atoms with Gasteiger partial charge in [-0.25, -0.2) is 0 Å². The van der Waals surface area contributed by atoms with Crippen molar-refractivity contribution >= 4 is 5.91 Å². The summed E-state index contributed by atoms with van der Waals surface area (Å²) in [5.74, 6) is 2.34. The number of carbonyl (C=O) groups excluding carboxylic acids is 1. The van der Waals surface area contributed by atoms with Gasteiger partial charge in [-0.2, -0.15) is 0 Å². The summed E-state index contributed by atoms with van der Waals surface area (Å²) in [6.45, 7) is 27.4. The van der Waals surface area contributed by atoms with Crippen LogP contribution in [0.3, 0.4) is 0 Å². The van der Waals surface area contributed by atoms with E-state index in [1.807, 2.05) is 0 Å². The minimum Gasteiger partial charge on any atom is -0.378 e. The molecule has 0 heterocycles. The van der Waals surface area contributed by atoms with Gasteiger partial charge < -0.3 is 36.3 Å². The number of carbonyl (C=O) groups is 1. The van der Waals surface area contributed by atoms with E-state index in [0.29, 0.717) is 62.2 Å². The smallest absolute Gasteiger partial charge is 0.222 e. The average molecular weight is 767 g/mol. The minimum atomic E-state index is 0.0318. The van der Waals surface area contributed by atoms with Crippen LogP contribution in [0.15, 0.2) is 0 Å². The van der Waals surface area contributed by atoms with Gasteiger partial charge in [0.25, 0.3) is 0 Å². The fourth-order valence-corrected chi connectivity index (χ4v) is 9.30. The quantitative estimate of drug-likeness (QED) is 0.0549. The molecule has 1 aliphatic carbocycles. The lowest BCUT2D eigenvalue weighted by molar-refractivity contribution is -0.132. The third-order valence-corrected chi connectivity index (χ3v) is 13.9. The molecule has 9 atom stereocenters. The number of hydrogen-bond donors (Lipinski definition) is 3. The van der Waals surface area contributed by atoms with Crippen molar-refractivity contribution in [2.24, 2.45) is 51.7 Å². The lowest BCUT2D eigenvalue weighted by Crippen LogP contribution is -2.46. The average Bonchev–Trinajstić information content (AvgIpc) is 3.47. The summed E-state index contributed by atoms with van der Waals surface area (Å²) in [5, 5.41) is 0. The van der Waals surface area contributed by atoms with E-state index in [4.69, 9.17) is 31.4 Å². The van der Waals surface area contributed by atoms with Gasteiger partial charge in [0.2, 0.25) is 5.91 Å². The second-order valence-electron chi connectivity index (χ2n) is 18.0. The molecule has 322 valence electrons. The van der Waals surface area contributed by atoms with E-state index in [2.05, 4.69) is 67.2 Å². The molecule has 0 unspecified atom stereocenters. The van der Waals surface area contributed by atoms with Crippen LogP contribution in [0.2, 0.25) is 0 Å². The molecule has 1 saturated carbocycles. The van der Waals surface area contributed by atoms with E-state index in [-0.39, 0.29) is 29.1 Å². The summed E-state index contributed by atoms with van der Waals surface area (Å²) in [6, 6.07) is 0. The van der Waals surface area contributed by atoms with E-state index in [0.717, 1.165) is 103 Å². The van der Waals surface area contributed by atoms with Gasteiger partial charge in [0.15, 0.2) is 0 Å². The van der Waals surface area contributed by atoms with E-state index >= 15 is 0 Å². The van der Waals surface area contributed by atoms with Gasteiger partial charge in [0, 0.05) is 39.3 Å². The highest BCUT2D eigenvalue weighted by Gasteiger charge is 2.52. The molecule has 0 aliphatic heterocycles. The molecule has 0 aromatic carbocycles. The Bertz CT molecular complexity index is 915. The number of nitrogens with two attached hydrogens (primary N) is 3. The standard InChI is InChI=1S/C46H94N4O4/c1-10-13-15-31-50(32-16-14-11-2)44(51)23-20-37(4)42-22-21-38(5)46(42,9)43(54-35-19-30-49)36-39(6)45(8,26-24-40(7)52-33-17-28-47)27-25-41(12-3)53-34-18-29-48/h37-43H,10-36,47-49H2,1-9H3/t37-,38-,39-,40+,41+,42-,43+,45-,46+/m1/s1. The van der Waals surface area contributed by atoms with Gasteiger partial charge in [-0.05, 0) is 151 Å². The first kappa shape index (κ1) is 51.2. The van der Waals surface area contributed by atoms with Gasteiger partial charge in [0.05, 0.1) is 18.3 Å². The number of unbranched alkanes of at least 4 members (excludes halogenated alkanes) is 4. The summed E-state index contributed by atoms with van der Waals surface area (Å²) in [5.41, 5.74) is 17.7. The monoisotopic (exact) mass is 767 g/mol. The third kappa shape index (κ3) is 18.2. The van der Waals surface area contributed by atoms with Crippen molar-refractivity contribution in [3.8, 4) is 0 Å². The molecular formula is C46H94N4O4. The maximum atomic E-state index is 13.7. The zero-order valence-corrected chi connectivity index (χ0v) is 37.4. The third-order valence-electron chi connectivity index (χ3n) is 13.9. The molecule has 1 amide bonds. The summed E-state index contributed by atoms with van der Waals surface area (Å²) in [4.78, 5) is 15.9. The molecule has 1 rings (SSSR count). The first-order valence-electron chi connectivity index (χ1n) is 23.1. The van der Waals surface area contributed by atoms with Crippen molar-refractivity contribution in [1.82, 2.24) is 4.90 Å². The maximum Gasteiger partial charge on any atom is 0.222 e.